The highest BCUT2D eigenvalue weighted by Crippen LogP contribution is 2.31. The Morgan fingerprint density at radius 2 is 1.47 bits per heavy atom. The molecule has 0 heterocycles. The molecule has 2 aromatic rings. The van der Waals surface area contributed by atoms with E-state index in [1.807, 2.05) is 0 Å². The van der Waals surface area contributed by atoms with Crippen LogP contribution in [0.2, 0.25) is 0 Å². The highest BCUT2D eigenvalue weighted by molar-refractivity contribution is 9.10. The third-order valence-electron chi connectivity index (χ3n) is 6.14. The maximum atomic E-state index is 13.2. The van der Waals surface area contributed by atoms with E-state index in [1.165, 1.54) is 68.9 Å². The van der Waals surface area contributed by atoms with Gasteiger partial charge in [0, 0.05) is 5.41 Å². The second kappa shape index (κ2) is 14.7. The second-order valence-electron chi connectivity index (χ2n) is 10.4. The summed E-state index contributed by atoms with van der Waals surface area (Å²) >= 11 is 3.10. The number of alkyl halides is 1. The number of anilines is 1. The van der Waals surface area contributed by atoms with Gasteiger partial charge in [-0.05, 0) is 48.9 Å². The van der Waals surface area contributed by atoms with Crippen LogP contribution < -0.4 is 10.1 Å². The van der Waals surface area contributed by atoms with Gasteiger partial charge < -0.3 is 15.2 Å². The summed E-state index contributed by atoms with van der Waals surface area (Å²) in [5.74, 6) is -0.766. The summed E-state index contributed by atoms with van der Waals surface area (Å²) in [6.45, 7) is 7.86. The zero-order chi connectivity index (χ0) is 28.3. The maximum absolute atomic E-state index is 13.2. The summed E-state index contributed by atoms with van der Waals surface area (Å²) in [4.78, 5) is 23.8. The number of nitrogens with one attached hydrogen (secondary N) is 1. The molecule has 9 heteroatoms. The Bertz CT molecular complexity index is 1170. The number of Topliss-reactive ketones (excluding diaryl/α,β-unsaturated/α-hetero) is 1. The van der Waals surface area contributed by atoms with Crippen LogP contribution in [-0.4, -0.2) is 36.6 Å². The van der Waals surface area contributed by atoms with E-state index in [1.54, 1.807) is 32.9 Å². The minimum absolute atomic E-state index is 0.0566. The highest BCUT2D eigenvalue weighted by atomic mass is 79.9. The molecule has 7 nitrogen and oxygen atoms in total. The summed E-state index contributed by atoms with van der Waals surface area (Å²) in [7, 11) is -3.93. The minimum Gasteiger partial charge on any atom is -0.506 e. The maximum Gasteiger partial charge on any atom is 0.245 e. The molecule has 1 atom stereocenters. The number of carbonyl (C=O) groups excluding carboxylic acids is 2. The summed E-state index contributed by atoms with van der Waals surface area (Å²) in [5, 5.41) is 12.6. The van der Waals surface area contributed by atoms with Crippen LogP contribution in [0.1, 0.15) is 79.1 Å². The van der Waals surface area contributed by atoms with Gasteiger partial charge in [-0.1, -0.05) is 88.6 Å². The normalized spacial score (nSPS) is 12.7. The van der Waals surface area contributed by atoms with Crippen LogP contribution in [-0.2, 0) is 19.4 Å². The molecule has 0 radical (unpaired) electrons. The van der Waals surface area contributed by atoms with E-state index in [2.05, 4.69) is 28.2 Å². The van der Waals surface area contributed by atoms with Crippen LogP contribution >= 0.6 is 15.9 Å². The number of phenols is 1. The lowest BCUT2D eigenvalue weighted by molar-refractivity contribution is -0.129. The van der Waals surface area contributed by atoms with Crippen molar-refractivity contribution in [1.29, 1.82) is 0 Å². The molecule has 38 heavy (non-hydrogen) atoms. The number of carbonyl (C=O) groups is 2. The number of phenolic OH excluding ortho intramolecular Hbond substituents is 1. The number of amides is 1. The molecule has 0 saturated heterocycles. The van der Waals surface area contributed by atoms with Gasteiger partial charge in [0.15, 0.2) is 10.6 Å². The van der Waals surface area contributed by atoms with Gasteiger partial charge in [-0.15, -0.1) is 0 Å². The van der Waals surface area contributed by atoms with Gasteiger partial charge in [-0.2, -0.15) is 0 Å². The molecule has 2 aromatic carbocycles. The van der Waals surface area contributed by atoms with Gasteiger partial charge in [0.05, 0.1) is 22.1 Å². The van der Waals surface area contributed by atoms with Crippen molar-refractivity contribution < 1.29 is 27.9 Å². The third-order valence-corrected chi connectivity index (χ3v) is 8.74. The van der Waals surface area contributed by atoms with Crippen LogP contribution in [0.15, 0.2) is 52.3 Å². The number of aromatic hydroxyl groups is 1. The second-order valence-corrected chi connectivity index (χ2v) is 13.3. The van der Waals surface area contributed by atoms with Gasteiger partial charge in [0.25, 0.3) is 0 Å². The average Bonchev–Trinajstić information content (AvgIpc) is 2.87. The fourth-order valence-electron chi connectivity index (χ4n) is 3.75. The third kappa shape index (κ3) is 9.42. The van der Waals surface area contributed by atoms with Crippen molar-refractivity contribution in [2.24, 2.45) is 5.41 Å². The Balaban J connectivity index is 1.99. The number of ketones is 1. The van der Waals surface area contributed by atoms with Gasteiger partial charge >= 0.3 is 0 Å². The SMILES string of the molecule is CCCCCCCCCCOc1ccc(S(=O)(=O)c2ccc(O)c(NC(=O)C(Br)C(=O)C(C)(C)C)c2)cc1. The van der Waals surface area contributed by atoms with Crippen molar-refractivity contribution in [1.82, 2.24) is 0 Å². The molecular weight excluding hydrogens is 570 g/mol. The number of hydrogen-bond acceptors (Lipinski definition) is 6. The first-order valence-electron chi connectivity index (χ1n) is 13.2. The lowest BCUT2D eigenvalue weighted by Crippen LogP contribution is -2.37. The Hall–Kier alpha value is -2.39. The average molecular weight is 611 g/mol. The number of benzene rings is 2. The summed E-state index contributed by atoms with van der Waals surface area (Å²) in [5.41, 5.74) is -0.866. The highest BCUT2D eigenvalue weighted by Gasteiger charge is 2.33. The van der Waals surface area contributed by atoms with E-state index < -0.39 is 26.0 Å². The fraction of sp³-hybridized carbons (Fsp3) is 0.517. The Morgan fingerprint density at radius 3 is 2.05 bits per heavy atom. The molecule has 0 aromatic heterocycles. The summed E-state index contributed by atoms with van der Waals surface area (Å²) in [6, 6.07) is 9.82. The number of hydrogen-bond donors (Lipinski definition) is 2. The Labute approximate surface area is 235 Å². The molecule has 0 spiro atoms. The topological polar surface area (TPSA) is 110 Å². The van der Waals surface area contributed by atoms with Crippen molar-refractivity contribution >= 4 is 43.1 Å². The van der Waals surface area contributed by atoms with Crippen LogP contribution in [0.25, 0.3) is 0 Å². The standard InChI is InChI=1S/C29H40BrNO6S/c1-5-6-7-8-9-10-11-12-19-37-21-13-15-22(16-14-21)38(35,36)23-17-18-25(32)24(20-23)31-28(34)26(30)27(33)29(2,3)4/h13-18,20,26,32H,5-12,19H2,1-4H3,(H,31,34). The van der Waals surface area contributed by atoms with E-state index in [-0.39, 0.29) is 27.0 Å². The van der Waals surface area contributed by atoms with E-state index in [4.69, 9.17) is 4.74 Å². The number of halogens is 1. The molecule has 0 aliphatic heterocycles. The molecular formula is C29H40BrNO6S. The Kier molecular flexibility index (Phi) is 12.3. The quantitative estimate of drug-likeness (QED) is 0.0967. The summed E-state index contributed by atoms with van der Waals surface area (Å²) in [6.07, 6.45) is 9.65. The van der Waals surface area contributed by atoms with Crippen molar-refractivity contribution in [2.45, 2.75) is 93.7 Å². The largest absolute Gasteiger partial charge is 0.506 e. The van der Waals surface area contributed by atoms with Crippen molar-refractivity contribution in [3.63, 3.8) is 0 Å². The predicted octanol–water partition coefficient (Wildman–Crippen LogP) is 7.06. The molecule has 210 valence electrons. The number of ether oxygens (including phenoxy) is 1. The lowest BCUT2D eigenvalue weighted by atomic mass is 9.89. The number of rotatable bonds is 15. The van der Waals surface area contributed by atoms with Gasteiger partial charge in [0.1, 0.15) is 11.5 Å². The van der Waals surface area contributed by atoms with Crippen LogP contribution in [0, 0.1) is 5.41 Å². The molecule has 0 saturated carbocycles. The summed E-state index contributed by atoms with van der Waals surface area (Å²) < 4.78 is 32.2. The molecule has 0 fully saturated rings. The van der Waals surface area contributed by atoms with Gasteiger partial charge in [-0.25, -0.2) is 8.42 Å². The zero-order valence-electron chi connectivity index (χ0n) is 22.8. The van der Waals surface area contributed by atoms with E-state index in [9.17, 15) is 23.1 Å². The van der Waals surface area contributed by atoms with E-state index >= 15 is 0 Å². The fourth-order valence-corrected chi connectivity index (χ4v) is 5.84. The molecule has 0 bridgehead atoms. The molecule has 0 aliphatic carbocycles. The van der Waals surface area contributed by atoms with Crippen LogP contribution in [0.5, 0.6) is 11.5 Å². The van der Waals surface area contributed by atoms with Crippen molar-refractivity contribution in [3.8, 4) is 11.5 Å². The first kappa shape index (κ1) is 31.8. The monoisotopic (exact) mass is 609 g/mol. The molecule has 1 unspecified atom stereocenters. The Morgan fingerprint density at radius 1 is 0.921 bits per heavy atom. The first-order chi connectivity index (χ1) is 17.9. The molecule has 2 N–H and O–H groups in total. The van der Waals surface area contributed by atoms with E-state index in [0.717, 1.165) is 12.8 Å². The number of unbranched alkanes of at least 4 members (excludes halogenated alkanes) is 7. The molecule has 1 amide bonds. The van der Waals surface area contributed by atoms with Gasteiger partial charge in [0.2, 0.25) is 15.7 Å². The smallest absolute Gasteiger partial charge is 0.245 e. The molecule has 0 aliphatic rings. The van der Waals surface area contributed by atoms with E-state index in [0.29, 0.717) is 12.4 Å². The minimum atomic E-state index is -3.93. The van der Waals surface area contributed by atoms with Crippen LogP contribution in [0.3, 0.4) is 0 Å². The van der Waals surface area contributed by atoms with Crippen LogP contribution in [0.4, 0.5) is 5.69 Å². The molecule has 2 rings (SSSR count). The van der Waals surface area contributed by atoms with Gasteiger partial charge in [-0.3, -0.25) is 9.59 Å². The lowest BCUT2D eigenvalue weighted by Gasteiger charge is -2.20. The first-order valence-corrected chi connectivity index (χ1v) is 15.6. The van der Waals surface area contributed by atoms with Crippen molar-refractivity contribution in [2.75, 3.05) is 11.9 Å². The zero-order valence-corrected chi connectivity index (χ0v) is 25.2. The number of sulfone groups is 1. The van der Waals surface area contributed by atoms with Crippen molar-refractivity contribution in [3.05, 3.63) is 42.5 Å². The predicted molar refractivity (Wildman–Crippen MR) is 154 cm³/mol.